The van der Waals surface area contributed by atoms with Gasteiger partial charge in [-0.05, 0) is 69.1 Å². The number of fused-ring (bicyclic) bond motifs is 8. The highest BCUT2D eigenvalue weighted by Gasteiger charge is 2.19. The van der Waals surface area contributed by atoms with Crippen molar-refractivity contribution in [2.75, 3.05) is 0 Å². The van der Waals surface area contributed by atoms with Gasteiger partial charge in [0.25, 0.3) is 0 Å². The Hall–Kier alpha value is -7.11. The second-order valence-electron chi connectivity index (χ2n) is 13.4. The molecule has 0 atom stereocenters. The summed E-state index contributed by atoms with van der Waals surface area (Å²) >= 11 is 0. The molecule has 0 bridgehead atoms. The third kappa shape index (κ3) is 5.37. The van der Waals surface area contributed by atoms with E-state index in [-0.39, 0.29) is 0 Å². The average Bonchev–Trinajstić information content (AvgIpc) is 3.24. The highest BCUT2D eigenvalue weighted by molar-refractivity contribution is 6.33. The standard InChI is InChI=1S/C49H29F2N3/c50-41-25-23-34(27-42(41)51)48-47-39-21-10-8-19-37(39)36-18-7-9-20-38(36)46(47)40-24-22-33(28-45(40)52-48)32-16-11-17-35(26-32)49-53-43(30-12-3-1-4-13-30)29-44(54-49)31-14-5-2-6-15-31/h1-29H. The van der Waals surface area contributed by atoms with Gasteiger partial charge < -0.3 is 0 Å². The number of hydrogen-bond donors (Lipinski definition) is 0. The van der Waals surface area contributed by atoms with Gasteiger partial charge in [-0.15, -0.1) is 0 Å². The molecule has 0 unspecified atom stereocenters. The van der Waals surface area contributed by atoms with Crippen LogP contribution in [0.5, 0.6) is 0 Å². The minimum atomic E-state index is -0.910. The van der Waals surface area contributed by atoms with E-state index in [0.29, 0.717) is 17.1 Å². The van der Waals surface area contributed by atoms with E-state index in [0.717, 1.165) is 82.4 Å². The largest absolute Gasteiger partial charge is 0.247 e. The molecule has 10 rings (SSSR count). The van der Waals surface area contributed by atoms with Crippen LogP contribution in [0.4, 0.5) is 8.78 Å². The second kappa shape index (κ2) is 12.8. The Morgan fingerprint density at radius 1 is 0.315 bits per heavy atom. The normalized spacial score (nSPS) is 11.5. The summed E-state index contributed by atoms with van der Waals surface area (Å²) in [5.41, 5.74) is 8.39. The first kappa shape index (κ1) is 31.6. The number of hydrogen-bond acceptors (Lipinski definition) is 3. The van der Waals surface area contributed by atoms with Crippen molar-refractivity contribution in [3.05, 3.63) is 188 Å². The molecule has 0 radical (unpaired) electrons. The first-order chi connectivity index (χ1) is 26.6. The molecule has 0 aliphatic rings. The van der Waals surface area contributed by atoms with Crippen LogP contribution in [0.2, 0.25) is 0 Å². The Bertz CT molecular complexity index is 3010. The van der Waals surface area contributed by atoms with E-state index in [1.54, 1.807) is 6.07 Å². The number of rotatable bonds is 5. The Morgan fingerprint density at radius 3 is 1.50 bits per heavy atom. The van der Waals surface area contributed by atoms with Crippen molar-refractivity contribution < 1.29 is 8.78 Å². The monoisotopic (exact) mass is 697 g/mol. The lowest BCUT2D eigenvalue weighted by Gasteiger charge is -2.17. The zero-order chi connectivity index (χ0) is 36.2. The fraction of sp³-hybridized carbons (Fsp3) is 0. The topological polar surface area (TPSA) is 38.7 Å². The molecule has 0 aliphatic heterocycles. The molecule has 10 aromatic rings. The molecule has 8 aromatic carbocycles. The molecule has 0 spiro atoms. The van der Waals surface area contributed by atoms with Crippen LogP contribution in [0.15, 0.2) is 176 Å². The van der Waals surface area contributed by atoms with Gasteiger partial charge in [-0.1, -0.05) is 140 Å². The van der Waals surface area contributed by atoms with Crippen molar-refractivity contribution >= 4 is 43.2 Å². The Balaban J connectivity index is 1.19. The number of halogens is 2. The first-order valence-electron chi connectivity index (χ1n) is 17.8. The zero-order valence-corrected chi connectivity index (χ0v) is 28.8. The van der Waals surface area contributed by atoms with Crippen LogP contribution in [-0.4, -0.2) is 15.0 Å². The smallest absolute Gasteiger partial charge is 0.160 e. The van der Waals surface area contributed by atoms with Crippen LogP contribution in [0.3, 0.4) is 0 Å². The van der Waals surface area contributed by atoms with E-state index >= 15 is 0 Å². The van der Waals surface area contributed by atoms with Gasteiger partial charge in [0.15, 0.2) is 17.5 Å². The fourth-order valence-corrected chi connectivity index (χ4v) is 7.64. The minimum absolute atomic E-state index is 0.512. The molecule has 0 N–H and O–H groups in total. The highest BCUT2D eigenvalue weighted by atomic mass is 19.2. The van der Waals surface area contributed by atoms with Gasteiger partial charge in [0.2, 0.25) is 0 Å². The van der Waals surface area contributed by atoms with Crippen LogP contribution in [0.1, 0.15) is 0 Å². The lowest BCUT2D eigenvalue weighted by molar-refractivity contribution is 0.509. The maximum absolute atomic E-state index is 14.8. The Morgan fingerprint density at radius 2 is 0.852 bits per heavy atom. The zero-order valence-electron chi connectivity index (χ0n) is 28.8. The molecule has 254 valence electrons. The van der Waals surface area contributed by atoms with Gasteiger partial charge in [-0.25, -0.2) is 23.7 Å². The summed E-state index contributed by atoms with van der Waals surface area (Å²) < 4.78 is 29.1. The van der Waals surface area contributed by atoms with Gasteiger partial charge in [-0.3, -0.25) is 0 Å². The van der Waals surface area contributed by atoms with Crippen molar-refractivity contribution in [3.63, 3.8) is 0 Å². The molecule has 0 saturated heterocycles. The summed E-state index contributed by atoms with van der Waals surface area (Å²) in [7, 11) is 0. The maximum Gasteiger partial charge on any atom is 0.160 e. The Labute approximate surface area is 309 Å². The van der Waals surface area contributed by atoms with E-state index in [1.165, 1.54) is 12.1 Å². The number of pyridine rings is 1. The van der Waals surface area contributed by atoms with E-state index in [1.807, 2.05) is 78.9 Å². The molecule has 0 saturated carbocycles. The molecule has 0 aliphatic carbocycles. The van der Waals surface area contributed by atoms with E-state index < -0.39 is 11.6 Å². The lowest BCUT2D eigenvalue weighted by Crippen LogP contribution is -1.96. The fourth-order valence-electron chi connectivity index (χ4n) is 7.64. The van der Waals surface area contributed by atoms with Gasteiger partial charge in [0.1, 0.15) is 0 Å². The minimum Gasteiger partial charge on any atom is -0.247 e. The van der Waals surface area contributed by atoms with Crippen LogP contribution in [0, 0.1) is 11.6 Å². The van der Waals surface area contributed by atoms with Crippen LogP contribution in [-0.2, 0) is 0 Å². The summed E-state index contributed by atoms with van der Waals surface area (Å²) in [6.07, 6.45) is 0. The third-order valence-electron chi connectivity index (χ3n) is 10.2. The van der Waals surface area contributed by atoms with Crippen molar-refractivity contribution in [2.45, 2.75) is 0 Å². The molecule has 2 aromatic heterocycles. The van der Waals surface area contributed by atoms with Crippen molar-refractivity contribution in [1.29, 1.82) is 0 Å². The Kier molecular flexibility index (Phi) is 7.51. The summed E-state index contributed by atoms with van der Waals surface area (Å²) in [6, 6.07) is 57.5. The van der Waals surface area contributed by atoms with E-state index in [9.17, 15) is 8.78 Å². The van der Waals surface area contributed by atoms with Crippen LogP contribution >= 0.6 is 0 Å². The highest BCUT2D eigenvalue weighted by Crippen LogP contribution is 2.43. The van der Waals surface area contributed by atoms with Crippen LogP contribution in [0.25, 0.3) is 99.5 Å². The predicted octanol–water partition coefficient (Wildman–Crippen LogP) is 13.1. The molecule has 0 fully saturated rings. The molecular weight excluding hydrogens is 669 g/mol. The van der Waals surface area contributed by atoms with Crippen molar-refractivity contribution in [3.8, 4) is 56.3 Å². The average molecular weight is 698 g/mol. The van der Waals surface area contributed by atoms with Crippen LogP contribution < -0.4 is 0 Å². The maximum atomic E-state index is 14.8. The van der Waals surface area contributed by atoms with E-state index in [4.69, 9.17) is 15.0 Å². The van der Waals surface area contributed by atoms with Crippen molar-refractivity contribution in [2.24, 2.45) is 0 Å². The SMILES string of the molecule is Fc1ccc(-c2nc3cc(-c4cccc(-c5nc(-c6ccccc6)cc(-c6ccccc6)n5)c4)ccc3c3c4ccccc4c4ccccc4c23)cc1F. The summed E-state index contributed by atoms with van der Waals surface area (Å²) in [4.78, 5) is 15.3. The summed E-state index contributed by atoms with van der Waals surface area (Å²) in [5.74, 6) is -1.18. The summed E-state index contributed by atoms with van der Waals surface area (Å²) in [6.45, 7) is 0. The number of benzene rings is 8. The lowest BCUT2D eigenvalue weighted by atomic mass is 9.89. The number of nitrogens with zero attached hydrogens (tertiary/aromatic N) is 3. The first-order valence-corrected chi connectivity index (χ1v) is 17.8. The van der Waals surface area contributed by atoms with Gasteiger partial charge in [-0.2, -0.15) is 0 Å². The molecule has 2 heterocycles. The van der Waals surface area contributed by atoms with Gasteiger partial charge >= 0.3 is 0 Å². The van der Waals surface area contributed by atoms with Crippen molar-refractivity contribution in [1.82, 2.24) is 15.0 Å². The quantitative estimate of drug-likeness (QED) is 0.168. The predicted molar refractivity (Wildman–Crippen MR) is 217 cm³/mol. The number of aromatic nitrogens is 3. The molecule has 0 amide bonds. The molecular formula is C49H29F2N3. The molecule has 3 nitrogen and oxygen atoms in total. The summed E-state index contributed by atoms with van der Waals surface area (Å²) in [5, 5.41) is 7.17. The van der Waals surface area contributed by atoms with Gasteiger partial charge in [0.05, 0.1) is 22.6 Å². The molecule has 54 heavy (non-hydrogen) atoms. The van der Waals surface area contributed by atoms with Gasteiger partial charge in [0, 0.05) is 38.4 Å². The molecule has 5 heteroatoms. The second-order valence-corrected chi connectivity index (χ2v) is 13.4. The third-order valence-corrected chi connectivity index (χ3v) is 10.2. The van der Waals surface area contributed by atoms with E-state index in [2.05, 4.69) is 78.9 Å².